The molecule has 1 N–H and O–H groups in total. The summed E-state index contributed by atoms with van der Waals surface area (Å²) < 4.78 is 4.92. The highest BCUT2D eigenvalue weighted by atomic mass is 35.5. The largest absolute Gasteiger partial charge is 0.462 e. The molecular weight excluding hydrogens is 428 g/mol. The first-order valence-corrected chi connectivity index (χ1v) is 10.6. The summed E-state index contributed by atoms with van der Waals surface area (Å²) in [6.45, 7) is 1.97. The zero-order valence-corrected chi connectivity index (χ0v) is 17.7. The number of amides is 3. The van der Waals surface area contributed by atoms with Crippen LogP contribution in [0.5, 0.6) is 0 Å². The molecule has 1 aliphatic rings. The van der Waals surface area contributed by atoms with Gasteiger partial charge < -0.3 is 10.1 Å². The van der Waals surface area contributed by atoms with Gasteiger partial charge in [0.05, 0.1) is 28.9 Å². The molecule has 0 bridgehead atoms. The summed E-state index contributed by atoms with van der Waals surface area (Å²) in [7, 11) is 0. The Labute approximate surface area is 182 Å². The van der Waals surface area contributed by atoms with Gasteiger partial charge in [-0.15, -0.1) is 11.8 Å². The van der Waals surface area contributed by atoms with Gasteiger partial charge in [0.2, 0.25) is 17.7 Å². The molecule has 2 aromatic carbocycles. The number of carbonyl (C=O) groups excluding carboxylic acids is 4. The fraction of sp³-hybridized carbons (Fsp3) is 0.238. The molecule has 2 aromatic rings. The van der Waals surface area contributed by atoms with Crippen molar-refractivity contribution in [3.63, 3.8) is 0 Å². The number of thioether (sulfide) groups is 1. The molecule has 30 heavy (non-hydrogen) atoms. The van der Waals surface area contributed by atoms with E-state index in [1.54, 1.807) is 31.2 Å². The van der Waals surface area contributed by atoms with Crippen LogP contribution in [0.15, 0.2) is 48.5 Å². The summed E-state index contributed by atoms with van der Waals surface area (Å²) in [6, 6.07) is 12.8. The number of imide groups is 1. The molecule has 1 unspecified atom stereocenters. The van der Waals surface area contributed by atoms with Crippen molar-refractivity contribution in [3.8, 4) is 0 Å². The summed E-state index contributed by atoms with van der Waals surface area (Å²) in [5.74, 6) is -1.45. The molecule has 1 saturated heterocycles. The summed E-state index contributed by atoms with van der Waals surface area (Å²) in [5.41, 5.74) is 1.32. The van der Waals surface area contributed by atoms with Gasteiger partial charge in [-0.2, -0.15) is 0 Å². The third-order valence-electron chi connectivity index (χ3n) is 4.29. The van der Waals surface area contributed by atoms with Crippen molar-refractivity contribution >= 4 is 58.4 Å². The van der Waals surface area contributed by atoms with E-state index in [4.69, 9.17) is 16.3 Å². The van der Waals surface area contributed by atoms with Gasteiger partial charge in [-0.25, -0.2) is 9.69 Å². The number of halogens is 1. The van der Waals surface area contributed by atoms with Gasteiger partial charge in [-0.1, -0.05) is 11.6 Å². The number of nitrogens with zero attached hydrogens (tertiary/aromatic N) is 1. The van der Waals surface area contributed by atoms with Crippen LogP contribution < -0.4 is 10.2 Å². The molecule has 0 aromatic heterocycles. The van der Waals surface area contributed by atoms with Gasteiger partial charge >= 0.3 is 5.97 Å². The number of hydrogen-bond donors (Lipinski definition) is 1. The van der Waals surface area contributed by atoms with Crippen LogP contribution in [0.25, 0.3) is 0 Å². The van der Waals surface area contributed by atoms with E-state index < -0.39 is 11.2 Å². The van der Waals surface area contributed by atoms with Gasteiger partial charge in [-0.05, 0) is 55.5 Å². The lowest BCUT2D eigenvalue weighted by molar-refractivity contribution is -0.121. The van der Waals surface area contributed by atoms with Crippen LogP contribution in [0.1, 0.15) is 23.7 Å². The molecule has 1 heterocycles. The van der Waals surface area contributed by atoms with Crippen molar-refractivity contribution in [1.82, 2.24) is 0 Å². The molecule has 1 atom stereocenters. The maximum atomic E-state index is 12.7. The van der Waals surface area contributed by atoms with E-state index in [0.717, 1.165) is 16.7 Å². The van der Waals surface area contributed by atoms with E-state index in [2.05, 4.69) is 5.32 Å². The highest BCUT2D eigenvalue weighted by Crippen LogP contribution is 2.30. The monoisotopic (exact) mass is 446 g/mol. The highest BCUT2D eigenvalue weighted by molar-refractivity contribution is 8.01. The fourth-order valence-corrected chi connectivity index (χ4v) is 3.93. The first-order chi connectivity index (χ1) is 14.4. The number of ether oxygens (including phenoxy) is 1. The zero-order chi connectivity index (χ0) is 21.7. The lowest BCUT2D eigenvalue weighted by atomic mass is 10.2. The van der Waals surface area contributed by atoms with Crippen molar-refractivity contribution in [2.75, 3.05) is 22.6 Å². The molecule has 3 rings (SSSR count). The van der Waals surface area contributed by atoms with Crippen LogP contribution in [0.4, 0.5) is 11.4 Å². The van der Waals surface area contributed by atoms with Crippen molar-refractivity contribution in [2.45, 2.75) is 18.6 Å². The van der Waals surface area contributed by atoms with Gasteiger partial charge in [-0.3, -0.25) is 14.4 Å². The van der Waals surface area contributed by atoms with Crippen LogP contribution in [0, 0.1) is 0 Å². The Morgan fingerprint density at radius 1 is 1.13 bits per heavy atom. The number of nitrogens with one attached hydrogen (secondary N) is 1. The zero-order valence-electron chi connectivity index (χ0n) is 16.1. The number of esters is 1. The molecule has 1 fully saturated rings. The van der Waals surface area contributed by atoms with Crippen molar-refractivity contribution in [1.29, 1.82) is 0 Å². The first kappa shape index (κ1) is 21.9. The SMILES string of the molecule is CCOC(=O)c1ccc(N2C(=O)CC(SCC(=O)Nc3ccc(Cl)cc3)C2=O)cc1. The summed E-state index contributed by atoms with van der Waals surface area (Å²) in [6.07, 6.45) is 0.0113. The molecule has 0 radical (unpaired) electrons. The van der Waals surface area contributed by atoms with Crippen molar-refractivity contribution in [2.24, 2.45) is 0 Å². The third-order valence-corrected chi connectivity index (χ3v) is 5.74. The first-order valence-electron chi connectivity index (χ1n) is 9.20. The molecule has 156 valence electrons. The van der Waals surface area contributed by atoms with Crippen molar-refractivity contribution < 1.29 is 23.9 Å². The molecule has 3 amide bonds. The molecule has 0 aliphatic carbocycles. The second kappa shape index (κ2) is 9.77. The van der Waals surface area contributed by atoms with E-state index >= 15 is 0 Å². The summed E-state index contributed by atoms with van der Waals surface area (Å²) in [4.78, 5) is 50.0. The second-order valence-electron chi connectivity index (χ2n) is 6.39. The molecular formula is C21H19ClN2O5S. The number of anilines is 2. The van der Waals surface area contributed by atoms with E-state index in [1.165, 1.54) is 24.3 Å². The minimum Gasteiger partial charge on any atom is -0.462 e. The smallest absolute Gasteiger partial charge is 0.338 e. The Morgan fingerprint density at radius 2 is 1.80 bits per heavy atom. The average molecular weight is 447 g/mol. The standard InChI is InChI=1S/C21H19ClN2O5S/c1-2-29-21(28)13-3-9-16(10-4-13)24-19(26)11-17(20(24)27)30-12-18(25)23-15-7-5-14(22)6-8-15/h3-10,17H,2,11-12H2,1H3,(H,23,25). The number of hydrogen-bond acceptors (Lipinski definition) is 6. The Morgan fingerprint density at radius 3 is 2.43 bits per heavy atom. The van der Waals surface area contributed by atoms with Gasteiger partial charge in [0.1, 0.15) is 0 Å². The Balaban J connectivity index is 1.58. The maximum absolute atomic E-state index is 12.7. The maximum Gasteiger partial charge on any atom is 0.338 e. The van der Waals surface area contributed by atoms with Crippen LogP contribution >= 0.6 is 23.4 Å². The quantitative estimate of drug-likeness (QED) is 0.516. The Bertz CT molecular complexity index is 962. The number of rotatable bonds is 7. The predicted molar refractivity (Wildman–Crippen MR) is 116 cm³/mol. The molecule has 1 aliphatic heterocycles. The van der Waals surface area contributed by atoms with E-state index in [1.807, 2.05) is 0 Å². The minimum atomic E-state index is -0.641. The third kappa shape index (κ3) is 5.20. The number of carbonyl (C=O) groups is 4. The lowest BCUT2D eigenvalue weighted by Gasteiger charge is -2.15. The van der Waals surface area contributed by atoms with Gasteiger partial charge in [0.15, 0.2) is 0 Å². The lowest BCUT2D eigenvalue weighted by Crippen LogP contribution is -2.31. The molecule has 0 saturated carbocycles. The number of benzene rings is 2. The minimum absolute atomic E-state index is 0.0113. The predicted octanol–water partition coefficient (Wildman–Crippen LogP) is 3.52. The Kier molecular flexibility index (Phi) is 7.12. The van der Waals surface area contributed by atoms with E-state index in [-0.39, 0.29) is 36.5 Å². The van der Waals surface area contributed by atoms with Gasteiger partial charge in [0.25, 0.3) is 0 Å². The van der Waals surface area contributed by atoms with Crippen LogP contribution in [0.3, 0.4) is 0 Å². The summed E-state index contributed by atoms with van der Waals surface area (Å²) >= 11 is 6.93. The highest BCUT2D eigenvalue weighted by Gasteiger charge is 2.40. The van der Waals surface area contributed by atoms with Crippen LogP contribution in [0.2, 0.25) is 5.02 Å². The van der Waals surface area contributed by atoms with E-state index in [9.17, 15) is 19.2 Å². The van der Waals surface area contributed by atoms with Gasteiger partial charge in [0, 0.05) is 17.1 Å². The molecule has 7 nitrogen and oxygen atoms in total. The van der Waals surface area contributed by atoms with E-state index in [0.29, 0.717) is 22.0 Å². The molecule has 0 spiro atoms. The molecule has 9 heteroatoms. The summed E-state index contributed by atoms with van der Waals surface area (Å²) in [5, 5.41) is 2.64. The van der Waals surface area contributed by atoms with Crippen LogP contribution in [-0.4, -0.2) is 41.3 Å². The fourth-order valence-electron chi connectivity index (χ4n) is 2.87. The van der Waals surface area contributed by atoms with Crippen molar-refractivity contribution in [3.05, 3.63) is 59.1 Å². The normalized spacial score (nSPS) is 15.9. The van der Waals surface area contributed by atoms with Crippen LogP contribution in [-0.2, 0) is 19.1 Å². The topological polar surface area (TPSA) is 92.8 Å². The second-order valence-corrected chi connectivity index (χ2v) is 8.02. The Hall–Kier alpha value is -2.84. The average Bonchev–Trinajstić information content (AvgIpc) is 3.01.